The molecule has 1 fully saturated rings. The van der Waals surface area contributed by atoms with E-state index in [0.717, 1.165) is 39.2 Å². The molecule has 1 saturated heterocycles. The third kappa shape index (κ3) is 28.3. The van der Waals surface area contributed by atoms with Gasteiger partial charge in [-0.2, -0.15) is 26.3 Å². The van der Waals surface area contributed by atoms with Crippen LogP contribution in [0.25, 0.3) is 0 Å². The van der Waals surface area contributed by atoms with Gasteiger partial charge in [-0.25, -0.2) is 0 Å². The number of nitrogens with one attached hydrogen (secondary N) is 4. The number of amides is 4. The molecule has 410 valence electrons. The number of nitro groups is 2. The monoisotopic (exact) mass is 1260 g/mol. The molecule has 30 heteroatoms. The Hall–Kier alpha value is -5.42. The molecule has 1 heterocycles. The third-order valence-electron chi connectivity index (χ3n) is 8.50. The van der Waals surface area contributed by atoms with E-state index in [1.54, 1.807) is 12.1 Å². The molecule has 0 unspecified atom stereocenters. The van der Waals surface area contributed by atoms with Crippen molar-refractivity contribution in [3.8, 4) is 11.5 Å². The standard InChI is InChI=1S/C19H18F3N3O6.C11H10BrF3N2O4.C8H9NO2.C4H8O.CH2O3.2CH4.Cs/c1-11(26)23-12-3-6-14(7-4-12)31-10-18(2,28)17(27)24-13-5-8-16(25(29)30)15(9-13)19(20,21)22;1-10(19,5-12)9(18)16-6-2-3-8(17(20)21)7(4-6)11(13,14)15;1-6(10)9-7-2-4-8(11)5-3-7;1-2-4-5-3-1;2-1-4-3;;;/h3-9,28H,10H2,1-2H3,(H,23,26)(H,24,27);2-4,19H,5H2,1H3,(H,16,18);2-5,11H,1H3,(H,9,10);1-4H2;1,3H;2*1H4;/q;;;;;;;+1/p-1/t18-;10-;;;;;;/m00....../s1. The molecular weight excluding hydrogens is 1210 g/mol. The average molecular weight is 1260 g/mol. The number of nitro benzene ring substituents is 2. The summed E-state index contributed by atoms with van der Waals surface area (Å²) in [5.74, 6) is -1.95. The summed E-state index contributed by atoms with van der Waals surface area (Å²) in [7, 11) is 0. The molecule has 1 aliphatic heterocycles. The van der Waals surface area contributed by atoms with Gasteiger partial charge in [0.05, 0.1) is 9.85 Å². The first-order valence-electron chi connectivity index (χ1n) is 20.1. The van der Waals surface area contributed by atoms with Crippen LogP contribution in [0.4, 0.5) is 60.5 Å². The molecule has 4 amide bonds. The number of nitrogens with zero attached hydrogens (tertiary/aromatic N) is 2. The fourth-order valence-electron chi connectivity index (χ4n) is 4.98. The number of carbonyl (C=O) groups excluding carboxylic acids is 5. The molecule has 2 atom stereocenters. The van der Waals surface area contributed by atoms with Gasteiger partial charge in [-0.05, 0) is 99.5 Å². The topological polar surface area (TPSA) is 331 Å². The zero-order chi connectivity index (χ0) is 55.0. The van der Waals surface area contributed by atoms with Crippen molar-refractivity contribution >= 4 is 80.2 Å². The Morgan fingerprint density at radius 2 is 1.03 bits per heavy atom. The van der Waals surface area contributed by atoms with Gasteiger partial charge in [0.25, 0.3) is 29.7 Å². The Morgan fingerprint density at radius 1 is 0.680 bits per heavy atom. The number of carbonyl (C=O) groups is 5. The van der Waals surface area contributed by atoms with Crippen LogP contribution < -0.4 is 100 Å². The van der Waals surface area contributed by atoms with E-state index in [0.29, 0.717) is 35.6 Å². The second-order valence-electron chi connectivity index (χ2n) is 14.8. The zero-order valence-corrected chi connectivity index (χ0v) is 47.0. The summed E-state index contributed by atoms with van der Waals surface area (Å²) in [6.45, 7) is 6.30. The van der Waals surface area contributed by atoms with Gasteiger partial charge in [0.2, 0.25) is 11.8 Å². The maximum atomic E-state index is 13.1. The molecule has 0 spiro atoms. The third-order valence-corrected chi connectivity index (χ3v) is 9.59. The largest absolute Gasteiger partial charge is 1.00 e. The van der Waals surface area contributed by atoms with Crippen LogP contribution in [0.1, 0.15) is 66.5 Å². The first kappa shape index (κ1) is 73.8. The van der Waals surface area contributed by atoms with E-state index >= 15 is 0 Å². The number of benzene rings is 4. The predicted molar refractivity (Wildman–Crippen MR) is 258 cm³/mol. The molecule has 0 aliphatic carbocycles. The summed E-state index contributed by atoms with van der Waals surface area (Å²) in [6.07, 6.45) is -7.40. The number of hydrogen-bond donors (Lipinski definition) is 7. The minimum Gasteiger partial charge on any atom is -0.662 e. The van der Waals surface area contributed by atoms with E-state index < -0.39 is 74.3 Å². The predicted octanol–water partition coefficient (Wildman–Crippen LogP) is 4.90. The average Bonchev–Trinajstić information content (AvgIpc) is 3.90. The Bertz CT molecular complexity index is 2460. The smallest absolute Gasteiger partial charge is 0.662 e. The number of phenols is 1. The van der Waals surface area contributed by atoms with Gasteiger partial charge in [0.15, 0.2) is 5.60 Å². The Kier molecular flexibility index (Phi) is 34.5. The van der Waals surface area contributed by atoms with Crippen LogP contribution in [0.5, 0.6) is 11.5 Å². The van der Waals surface area contributed by atoms with Crippen molar-refractivity contribution in [2.75, 3.05) is 46.4 Å². The summed E-state index contributed by atoms with van der Waals surface area (Å²) in [6, 6.07) is 16.3. The number of alkyl halides is 7. The van der Waals surface area contributed by atoms with Gasteiger partial charge < -0.3 is 56.2 Å². The van der Waals surface area contributed by atoms with Crippen LogP contribution in [0, 0.1) is 20.2 Å². The van der Waals surface area contributed by atoms with Crippen molar-refractivity contribution in [2.45, 2.75) is 78.9 Å². The van der Waals surface area contributed by atoms with E-state index in [1.165, 1.54) is 63.1 Å². The number of anilines is 4. The van der Waals surface area contributed by atoms with E-state index in [2.05, 4.69) is 42.1 Å². The van der Waals surface area contributed by atoms with E-state index in [-0.39, 0.29) is 130 Å². The van der Waals surface area contributed by atoms with Gasteiger partial charge >= 0.3 is 81.2 Å². The second-order valence-corrected chi connectivity index (χ2v) is 15.4. The van der Waals surface area contributed by atoms with Crippen molar-refractivity contribution in [2.24, 2.45) is 0 Å². The summed E-state index contributed by atoms with van der Waals surface area (Å²) >= 11 is 2.88. The fourth-order valence-corrected chi connectivity index (χ4v) is 5.23. The summed E-state index contributed by atoms with van der Waals surface area (Å²) in [4.78, 5) is 75.7. The first-order chi connectivity index (χ1) is 33.4. The van der Waals surface area contributed by atoms with Crippen LogP contribution >= 0.6 is 15.9 Å². The summed E-state index contributed by atoms with van der Waals surface area (Å²) in [5, 5.41) is 67.8. The minimum atomic E-state index is -5.02. The zero-order valence-electron chi connectivity index (χ0n) is 39.1. The number of hydrogen-bond acceptors (Lipinski definition) is 16. The second kappa shape index (κ2) is 35.0. The quantitative estimate of drug-likeness (QED) is 0.0178. The molecule has 75 heavy (non-hydrogen) atoms. The SMILES string of the molecule is C.C.C1CCOC1.CC(=O)Nc1ccc(O)cc1.CC(=O)Nc1ccc(OC[C@](C)(O)C(=O)Nc2ccc([N+](=O)[O-])c(C(F)(F)F)c2)cc1.C[C@](O)(CBr)C(=O)Nc1ccc([N+](=O)[O-])c(C(F)(F)F)c1.O=CO[O-].[Cs+]. The molecule has 4 aromatic rings. The molecular formula is C45H54BrCsF6N6O16. The van der Waals surface area contributed by atoms with E-state index in [4.69, 9.17) is 24.6 Å². The van der Waals surface area contributed by atoms with Crippen molar-refractivity contribution in [1.29, 1.82) is 0 Å². The maximum absolute atomic E-state index is 13.1. The number of ether oxygens (including phenoxy) is 2. The number of rotatable bonds is 13. The van der Waals surface area contributed by atoms with E-state index in [9.17, 15) is 76.0 Å². The molecule has 1 aliphatic rings. The molecule has 22 nitrogen and oxygen atoms in total. The Labute approximate surface area is 492 Å². The maximum Gasteiger partial charge on any atom is 1.00 e. The van der Waals surface area contributed by atoms with Gasteiger partial charge in [-0.15, -0.1) is 0 Å². The van der Waals surface area contributed by atoms with Gasteiger partial charge in [-0.3, -0.25) is 44.2 Å². The molecule has 4 aromatic carbocycles. The van der Waals surface area contributed by atoms with Gasteiger partial charge in [-0.1, -0.05) is 30.8 Å². The number of aliphatic hydroxyl groups is 2. The fraction of sp³-hybridized carbons (Fsp3) is 0.356. The summed E-state index contributed by atoms with van der Waals surface area (Å²) < 4.78 is 87.7. The van der Waals surface area contributed by atoms with Crippen molar-refractivity contribution in [1.82, 2.24) is 0 Å². The van der Waals surface area contributed by atoms with E-state index in [1.807, 2.05) is 0 Å². The molecule has 0 saturated carbocycles. The first-order valence-corrected chi connectivity index (χ1v) is 21.2. The van der Waals surface area contributed by atoms with Gasteiger partial charge in [0, 0.05) is 67.3 Å². The molecule has 7 N–H and O–H groups in total. The minimum absolute atomic E-state index is 0. The Morgan fingerprint density at radius 3 is 1.32 bits per heavy atom. The van der Waals surface area contributed by atoms with Crippen molar-refractivity contribution in [3.05, 3.63) is 116 Å². The van der Waals surface area contributed by atoms with Crippen molar-refractivity contribution in [3.63, 3.8) is 0 Å². The normalized spacial score (nSPS) is 12.7. The molecule has 0 aromatic heterocycles. The number of halogens is 7. The van der Waals surface area contributed by atoms with Crippen molar-refractivity contribution < 1.29 is 164 Å². The molecule has 5 rings (SSSR count). The van der Waals surface area contributed by atoms with Crippen LogP contribution in [0.15, 0.2) is 84.9 Å². The summed E-state index contributed by atoms with van der Waals surface area (Å²) in [5.41, 5.74) is -8.78. The van der Waals surface area contributed by atoms with Gasteiger partial charge in [0.1, 0.15) is 34.8 Å². The van der Waals surface area contributed by atoms with Crippen LogP contribution in [-0.2, 0) is 45.9 Å². The van der Waals surface area contributed by atoms with Crippen LogP contribution in [0.2, 0.25) is 0 Å². The van der Waals surface area contributed by atoms with Crippen LogP contribution in [0.3, 0.4) is 0 Å². The number of aromatic hydroxyl groups is 1. The molecule has 0 radical (unpaired) electrons. The molecule has 0 bridgehead atoms. The Balaban J connectivity index is -0.00000101. The number of phenolic OH excluding ortho intramolecular Hbond substituents is 1. The van der Waals surface area contributed by atoms with Crippen LogP contribution in [-0.4, -0.2) is 91.6 Å².